The largest absolute Gasteiger partial charge is 0.494 e. The molecule has 1 heterocycles. The molecule has 0 radical (unpaired) electrons. The molecule has 7 heteroatoms. The van der Waals surface area contributed by atoms with Crippen molar-refractivity contribution in [1.82, 2.24) is 15.1 Å². The number of aromatic amines is 1. The van der Waals surface area contributed by atoms with Crippen LogP contribution in [0.5, 0.6) is 5.75 Å². The first kappa shape index (κ1) is 15.7. The molecule has 0 aliphatic heterocycles. The van der Waals surface area contributed by atoms with Gasteiger partial charge in [-0.3, -0.25) is 9.59 Å². The van der Waals surface area contributed by atoms with Crippen LogP contribution in [-0.2, 0) is 6.54 Å². The van der Waals surface area contributed by atoms with Gasteiger partial charge in [-0.05, 0) is 30.7 Å². The van der Waals surface area contributed by atoms with Gasteiger partial charge in [-0.25, -0.2) is 9.49 Å². The molecule has 0 fully saturated rings. The zero-order valence-corrected chi connectivity index (χ0v) is 12.3. The molecule has 0 atom stereocenters. The van der Waals surface area contributed by atoms with Gasteiger partial charge in [0.05, 0.1) is 7.11 Å². The smallest absolute Gasteiger partial charge is 0.274 e. The first-order chi connectivity index (χ1) is 10.5. The summed E-state index contributed by atoms with van der Waals surface area (Å²) < 4.78 is 18.6. The van der Waals surface area contributed by atoms with Gasteiger partial charge in [-0.15, -0.1) is 0 Å². The maximum absolute atomic E-state index is 13.7. The second-order valence-electron chi connectivity index (χ2n) is 4.59. The quantitative estimate of drug-likeness (QED) is 0.910. The number of carbonyl (C=O) groups excluding carboxylic acids is 1. The Morgan fingerprint density at radius 2 is 2.14 bits per heavy atom. The number of carbonyl (C=O) groups is 1. The Morgan fingerprint density at radius 1 is 1.36 bits per heavy atom. The van der Waals surface area contributed by atoms with Gasteiger partial charge >= 0.3 is 0 Å². The number of halogens is 1. The van der Waals surface area contributed by atoms with E-state index >= 15 is 0 Å². The number of hydrogen-bond donors (Lipinski definition) is 1. The predicted molar refractivity (Wildman–Crippen MR) is 78.2 cm³/mol. The van der Waals surface area contributed by atoms with E-state index < -0.39 is 5.82 Å². The number of H-pyrrole nitrogens is 1. The van der Waals surface area contributed by atoms with Crippen LogP contribution in [0.2, 0.25) is 0 Å². The third-order valence-corrected chi connectivity index (χ3v) is 3.16. The number of benzene rings is 1. The fourth-order valence-corrected chi connectivity index (χ4v) is 1.98. The molecule has 1 aromatic heterocycles. The minimum absolute atomic E-state index is 0.135. The Balaban J connectivity index is 2.18. The van der Waals surface area contributed by atoms with Crippen LogP contribution in [0, 0.1) is 5.82 Å². The van der Waals surface area contributed by atoms with E-state index in [0.717, 1.165) is 0 Å². The van der Waals surface area contributed by atoms with Gasteiger partial charge in [0, 0.05) is 19.2 Å². The van der Waals surface area contributed by atoms with Crippen LogP contribution in [0.25, 0.3) is 0 Å². The van der Waals surface area contributed by atoms with Crippen molar-refractivity contribution in [1.29, 1.82) is 0 Å². The van der Waals surface area contributed by atoms with Crippen molar-refractivity contribution in [2.24, 2.45) is 0 Å². The molecule has 0 aliphatic rings. The normalized spacial score (nSPS) is 10.3. The Hall–Kier alpha value is -2.70. The molecule has 1 N–H and O–H groups in total. The predicted octanol–water partition coefficient (Wildman–Crippen LogP) is 1.58. The van der Waals surface area contributed by atoms with Crippen LogP contribution < -0.4 is 10.3 Å². The summed E-state index contributed by atoms with van der Waals surface area (Å²) in [6.07, 6.45) is 0. The standard InChI is InChI=1S/C15H16FN3O3/c1-3-19(15(21)12-5-7-14(20)18-17-12)9-10-4-6-13(22-2)11(16)8-10/h4-8H,3,9H2,1-2H3,(H,18,20). The van der Waals surface area contributed by atoms with Crippen molar-refractivity contribution in [2.75, 3.05) is 13.7 Å². The number of rotatable bonds is 5. The second-order valence-corrected chi connectivity index (χ2v) is 4.59. The number of methoxy groups -OCH3 is 1. The SMILES string of the molecule is CCN(Cc1ccc(OC)c(F)c1)C(=O)c1ccc(=O)[nH]n1. The summed E-state index contributed by atoms with van der Waals surface area (Å²) in [6.45, 7) is 2.47. The fraction of sp³-hybridized carbons (Fsp3) is 0.267. The summed E-state index contributed by atoms with van der Waals surface area (Å²) in [5, 5.41) is 5.93. The molecule has 0 aliphatic carbocycles. The molecular formula is C15H16FN3O3. The number of ether oxygens (including phenoxy) is 1. The van der Waals surface area contributed by atoms with E-state index in [4.69, 9.17) is 4.74 Å². The molecule has 22 heavy (non-hydrogen) atoms. The molecule has 1 aromatic carbocycles. The van der Waals surface area contributed by atoms with E-state index in [0.29, 0.717) is 12.1 Å². The van der Waals surface area contributed by atoms with Crippen molar-refractivity contribution < 1.29 is 13.9 Å². The first-order valence-corrected chi connectivity index (χ1v) is 6.72. The summed E-state index contributed by atoms with van der Waals surface area (Å²) in [7, 11) is 1.39. The van der Waals surface area contributed by atoms with Gasteiger partial charge in [-0.1, -0.05) is 6.07 Å². The topological polar surface area (TPSA) is 75.3 Å². The highest BCUT2D eigenvalue weighted by Crippen LogP contribution is 2.19. The van der Waals surface area contributed by atoms with E-state index in [-0.39, 0.29) is 29.5 Å². The fourth-order valence-electron chi connectivity index (χ4n) is 1.98. The van der Waals surface area contributed by atoms with E-state index in [1.807, 2.05) is 6.92 Å². The minimum Gasteiger partial charge on any atom is -0.494 e. The molecule has 0 saturated heterocycles. The van der Waals surface area contributed by atoms with Gasteiger partial charge in [0.2, 0.25) is 0 Å². The van der Waals surface area contributed by atoms with E-state index in [9.17, 15) is 14.0 Å². The van der Waals surface area contributed by atoms with Gasteiger partial charge < -0.3 is 9.64 Å². The molecule has 116 valence electrons. The zero-order chi connectivity index (χ0) is 16.1. The molecule has 2 aromatic rings. The van der Waals surface area contributed by atoms with Crippen molar-refractivity contribution in [2.45, 2.75) is 13.5 Å². The Labute approximate surface area is 126 Å². The summed E-state index contributed by atoms with van der Waals surface area (Å²) in [6, 6.07) is 7.13. The summed E-state index contributed by atoms with van der Waals surface area (Å²) in [4.78, 5) is 24.8. The van der Waals surface area contributed by atoms with Crippen LogP contribution in [0.15, 0.2) is 35.1 Å². The molecule has 2 rings (SSSR count). The van der Waals surface area contributed by atoms with E-state index in [2.05, 4.69) is 10.2 Å². The van der Waals surface area contributed by atoms with Crippen LogP contribution in [0.4, 0.5) is 4.39 Å². The lowest BCUT2D eigenvalue weighted by molar-refractivity contribution is 0.0745. The molecule has 0 bridgehead atoms. The number of amides is 1. The highest BCUT2D eigenvalue weighted by atomic mass is 19.1. The van der Waals surface area contributed by atoms with Crippen LogP contribution >= 0.6 is 0 Å². The molecule has 0 spiro atoms. The summed E-state index contributed by atoms with van der Waals surface area (Å²) >= 11 is 0. The maximum Gasteiger partial charge on any atom is 0.274 e. The average molecular weight is 305 g/mol. The monoisotopic (exact) mass is 305 g/mol. The van der Waals surface area contributed by atoms with Crippen molar-refractivity contribution >= 4 is 5.91 Å². The average Bonchev–Trinajstić information content (AvgIpc) is 2.53. The van der Waals surface area contributed by atoms with Crippen LogP contribution in [0.3, 0.4) is 0 Å². The first-order valence-electron chi connectivity index (χ1n) is 6.72. The minimum atomic E-state index is -0.481. The molecule has 0 saturated carbocycles. The van der Waals surface area contributed by atoms with Crippen molar-refractivity contribution in [3.05, 3.63) is 57.8 Å². The van der Waals surface area contributed by atoms with E-state index in [1.54, 1.807) is 6.07 Å². The summed E-state index contributed by atoms with van der Waals surface area (Å²) in [5.74, 6) is -0.666. The highest BCUT2D eigenvalue weighted by Gasteiger charge is 2.17. The lowest BCUT2D eigenvalue weighted by atomic mass is 10.2. The lowest BCUT2D eigenvalue weighted by Gasteiger charge is -2.20. The molecule has 1 amide bonds. The van der Waals surface area contributed by atoms with Crippen molar-refractivity contribution in [3.63, 3.8) is 0 Å². The van der Waals surface area contributed by atoms with Gasteiger partial charge in [-0.2, -0.15) is 5.10 Å². The van der Waals surface area contributed by atoms with Crippen LogP contribution in [-0.4, -0.2) is 34.7 Å². The van der Waals surface area contributed by atoms with E-state index in [1.165, 1.54) is 36.3 Å². The molecule has 0 unspecified atom stereocenters. The second kappa shape index (κ2) is 6.84. The molecule has 6 nitrogen and oxygen atoms in total. The Kier molecular flexibility index (Phi) is 4.88. The van der Waals surface area contributed by atoms with Crippen LogP contribution in [0.1, 0.15) is 23.0 Å². The third kappa shape index (κ3) is 3.49. The van der Waals surface area contributed by atoms with Gasteiger partial charge in [0.25, 0.3) is 11.5 Å². The number of aromatic nitrogens is 2. The zero-order valence-electron chi connectivity index (χ0n) is 12.3. The molecular weight excluding hydrogens is 289 g/mol. The number of hydrogen-bond acceptors (Lipinski definition) is 4. The third-order valence-electron chi connectivity index (χ3n) is 3.16. The maximum atomic E-state index is 13.7. The Bertz CT molecular complexity index is 710. The number of nitrogens with one attached hydrogen (secondary N) is 1. The Morgan fingerprint density at radius 3 is 2.68 bits per heavy atom. The lowest BCUT2D eigenvalue weighted by Crippen LogP contribution is -2.31. The summed E-state index contributed by atoms with van der Waals surface area (Å²) in [5.41, 5.74) is 0.394. The highest BCUT2D eigenvalue weighted by molar-refractivity contribution is 5.92. The van der Waals surface area contributed by atoms with Crippen molar-refractivity contribution in [3.8, 4) is 5.75 Å². The number of nitrogens with zero attached hydrogens (tertiary/aromatic N) is 2. The van der Waals surface area contributed by atoms with Gasteiger partial charge in [0.15, 0.2) is 11.6 Å². The van der Waals surface area contributed by atoms with Gasteiger partial charge in [0.1, 0.15) is 5.69 Å².